The molecule has 0 bridgehead atoms. The maximum Gasteiger partial charge on any atom is 0.0828 e. The predicted molar refractivity (Wildman–Crippen MR) is 60.6 cm³/mol. The van der Waals surface area contributed by atoms with Gasteiger partial charge in [0.2, 0.25) is 0 Å². The SMILES string of the molecule is Clc1cccc(COC2CNC2)c1Br. The first-order valence-corrected chi connectivity index (χ1v) is 5.69. The lowest BCUT2D eigenvalue weighted by atomic mass is 10.2. The van der Waals surface area contributed by atoms with Crippen molar-refractivity contribution < 1.29 is 4.74 Å². The second-order valence-corrected chi connectivity index (χ2v) is 4.50. The van der Waals surface area contributed by atoms with Crippen molar-refractivity contribution in [3.05, 3.63) is 33.3 Å². The van der Waals surface area contributed by atoms with Gasteiger partial charge in [0.25, 0.3) is 0 Å². The van der Waals surface area contributed by atoms with Crippen LogP contribution in [0.3, 0.4) is 0 Å². The summed E-state index contributed by atoms with van der Waals surface area (Å²) in [5.41, 5.74) is 1.10. The van der Waals surface area contributed by atoms with E-state index < -0.39 is 0 Å². The van der Waals surface area contributed by atoms with Crippen LogP contribution in [-0.2, 0) is 11.3 Å². The second-order valence-electron chi connectivity index (χ2n) is 3.30. The molecule has 0 atom stereocenters. The van der Waals surface area contributed by atoms with E-state index in [-0.39, 0.29) is 0 Å². The van der Waals surface area contributed by atoms with Gasteiger partial charge in [0.05, 0.1) is 17.7 Å². The molecule has 0 aliphatic carbocycles. The molecule has 2 rings (SSSR count). The fourth-order valence-electron chi connectivity index (χ4n) is 1.25. The topological polar surface area (TPSA) is 21.3 Å². The third kappa shape index (κ3) is 2.28. The number of rotatable bonds is 3. The van der Waals surface area contributed by atoms with Gasteiger partial charge in [-0.1, -0.05) is 23.7 Å². The molecule has 0 spiro atoms. The molecule has 1 aromatic rings. The van der Waals surface area contributed by atoms with Crippen molar-refractivity contribution in [2.45, 2.75) is 12.7 Å². The summed E-state index contributed by atoms with van der Waals surface area (Å²) in [5, 5.41) is 3.89. The highest BCUT2D eigenvalue weighted by Crippen LogP contribution is 2.26. The quantitative estimate of drug-likeness (QED) is 0.916. The fourth-order valence-corrected chi connectivity index (χ4v) is 1.82. The molecule has 0 saturated carbocycles. The first-order valence-electron chi connectivity index (χ1n) is 4.52. The summed E-state index contributed by atoms with van der Waals surface area (Å²) in [6.45, 7) is 2.53. The largest absolute Gasteiger partial charge is 0.371 e. The van der Waals surface area contributed by atoms with Gasteiger partial charge < -0.3 is 10.1 Å². The minimum absolute atomic E-state index is 0.362. The Morgan fingerprint density at radius 2 is 2.29 bits per heavy atom. The van der Waals surface area contributed by atoms with Crippen molar-refractivity contribution in [1.82, 2.24) is 5.32 Å². The van der Waals surface area contributed by atoms with Crippen LogP contribution in [0.15, 0.2) is 22.7 Å². The molecule has 0 unspecified atom stereocenters. The summed E-state index contributed by atoms with van der Waals surface area (Å²) in [6, 6.07) is 5.81. The molecule has 1 heterocycles. The van der Waals surface area contributed by atoms with E-state index in [1.54, 1.807) is 0 Å². The average molecular weight is 277 g/mol. The monoisotopic (exact) mass is 275 g/mol. The Balaban J connectivity index is 1.97. The molecule has 0 radical (unpaired) electrons. The van der Waals surface area contributed by atoms with E-state index in [0.717, 1.165) is 28.1 Å². The van der Waals surface area contributed by atoms with E-state index in [2.05, 4.69) is 21.2 Å². The van der Waals surface area contributed by atoms with Crippen LogP contribution in [-0.4, -0.2) is 19.2 Å². The molecule has 0 aromatic heterocycles. The number of halogens is 2. The fraction of sp³-hybridized carbons (Fsp3) is 0.400. The number of hydrogen-bond donors (Lipinski definition) is 1. The predicted octanol–water partition coefficient (Wildman–Crippen LogP) is 2.59. The smallest absolute Gasteiger partial charge is 0.0828 e. The molecule has 14 heavy (non-hydrogen) atoms. The average Bonchev–Trinajstić information content (AvgIpc) is 2.09. The highest BCUT2D eigenvalue weighted by Gasteiger charge is 2.17. The van der Waals surface area contributed by atoms with E-state index in [1.807, 2.05) is 18.2 Å². The molecule has 1 aromatic carbocycles. The number of hydrogen-bond acceptors (Lipinski definition) is 2. The zero-order valence-electron chi connectivity index (χ0n) is 7.59. The molecule has 1 fully saturated rings. The van der Waals surface area contributed by atoms with Crippen LogP contribution in [0.1, 0.15) is 5.56 Å². The standard InChI is InChI=1S/C10H11BrClNO/c11-10-7(2-1-3-9(10)12)6-14-8-4-13-5-8/h1-3,8,13H,4-6H2. The molecular formula is C10H11BrClNO. The third-order valence-corrected chi connectivity index (χ3v) is 3.73. The van der Waals surface area contributed by atoms with Gasteiger partial charge in [-0.3, -0.25) is 0 Å². The van der Waals surface area contributed by atoms with Gasteiger partial charge in [0, 0.05) is 17.6 Å². The Hall–Kier alpha value is -0.0900. The molecule has 1 aliphatic heterocycles. The minimum Gasteiger partial charge on any atom is -0.371 e. The molecule has 0 amide bonds. The third-order valence-electron chi connectivity index (χ3n) is 2.25. The number of benzene rings is 1. The van der Waals surface area contributed by atoms with Gasteiger partial charge in [-0.2, -0.15) is 0 Å². The normalized spacial score (nSPS) is 16.7. The van der Waals surface area contributed by atoms with Crippen molar-refractivity contribution in [3.8, 4) is 0 Å². The van der Waals surface area contributed by atoms with Crippen molar-refractivity contribution >= 4 is 27.5 Å². The van der Waals surface area contributed by atoms with Gasteiger partial charge in [-0.15, -0.1) is 0 Å². The summed E-state index contributed by atoms with van der Waals surface area (Å²) in [7, 11) is 0. The van der Waals surface area contributed by atoms with Crippen LogP contribution >= 0.6 is 27.5 Å². The lowest BCUT2D eigenvalue weighted by Gasteiger charge is -2.27. The maximum atomic E-state index is 5.96. The first kappa shape index (κ1) is 10.4. The summed E-state index contributed by atoms with van der Waals surface area (Å²) >= 11 is 9.40. The lowest BCUT2D eigenvalue weighted by molar-refractivity contribution is 0.00734. The Morgan fingerprint density at radius 3 is 2.93 bits per heavy atom. The highest BCUT2D eigenvalue weighted by atomic mass is 79.9. The highest BCUT2D eigenvalue weighted by molar-refractivity contribution is 9.10. The van der Waals surface area contributed by atoms with Crippen molar-refractivity contribution in [1.29, 1.82) is 0 Å². The molecule has 1 aliphatic rings. The van der Waals surface area contributed by atoms with Crippen LogP contribution in [0, 0.1) is 0 Å². The summed E-state index contributed by atoms with van der Waals surface area (Å²) in [4.78, 5) is 0. The van der Waals surface area contributed by atoms with Gasteiger partial charge in [0.1, 0.15) is 0 Å². The van der Waals surface area contributed by atoms with Crippen LogP contribution in [0.4, 0.5) is 0 Å². The van der Waals surface area contributed by atoms with Crippen LogP contribution in [0.2, 0.25) is 5.02 Å². The number of ether oxygens (including phenoxy) is 1. The van der Waals surface area contributed by atoms with Gasteiger partial charge in [-0.05, 0) is 27.6 Å². The number of nitrogens with one attached hydrogen (secondary N) is 1. The molecular weight excluding hydrogens is 265 g/mol. The zero-order chi connectivity index (χ0) is 9.97. The minimum atomic E-state index is 0.362. The van der Waals surface area contributed by atoms with Gasteiger partial charge in [0.15, 0.2) is 0 Å². The van der Waals surface area contributed by atoms with Crippen molar-refractivity contribution in [2.24, 2.45) is 0 Å². The summed E-state index contributed by atoms with van der Waals surface area (Å²) in [5.74, 6) is 0. The summed E-state index contributed by atoms with van der Waals surface area (Å²) < 4.78 is 6.59. The first-order chi connectivity index (χ1) is 6.77. The molecule has 1 saturated heterocycles. The van der Waals surface area contributed by atoms with Gasteiger partial charge in [-0.25, -0.2) is 0 Å². The van der Waals surface area contributed by atoms with Crippen LogP contribution in [0.5, 0.6) is 0 Å². The van der Waals surface area contributed by atoms with Crippen LogP contribution < -0.4 is 5.32 Å². The van der Waals surface area contributed by atoms with E-state index in [0.29, 0.717) is 12.7 Å². The van der Waals surface area contributed by atoms with E-state index in [9.17, 15) is 0 Å². The van der Waals surface area contributed by atoms with Gasteiger partial charge >= 0.3 is 0 Å². The molecule has 76 valence electrons. The Kier molecular flexibility index (Phi) is 3.44. The van der Waals surface area contributed by atoms with Crippen molar-refractivity contribution in [2.75, 3.05) is 13.1 Å². The molecule has 1 N–H and O–H groups in total. The Bertz CT molecular complexity index is 328. The Morgan fingerprint density at radius 1 is 1.50 bits per heavy atom. The second kappa shape index (κ2) is 4.62. The molecule has 4 heteroatoms. The zero-order valence-corrected chi connectivity index (χ0v) is 9.94. The van der Waals surface area contributed by atoms with E-state index in [1.165, 1.54) is 0 Å². The van der Waals surface area contributed by atoms with E-state index in [4.69, 9.17) is 16.3 Å². The molecule has 2 nitrogen and oxygen atoms in total. The summed E-state index contributed by atoms with van der Waals surface area (Å²) in [6.07, 6.45) is 0.362. The Labute approximate surface area is 96.7 Å². The maximum absolute atomic E-state index is 5.96. The van der Waals surface area contributed by atoms with Crippen molar-refractivity contribution in [3.63, 3.8) is 0 Å². The lowest BCUT2D eigenvalue weighted by Crippen LogP contribution is -2.48. The van der Waals surface area contributed by atoms with Crippen LogP contribution in [0.25, 0.3) is 0 Å². The van der Waals surface area contributed by atoms with E-state index >= 15 is 0 Å².